The van der Waals surface area contributed by atoms with Crippen LogP contribution in [0.3, 0.4) is 0 Å². The minimum atomic E-state index is -0.413. The highest BCUT2D eigenvalue weighted by molar-refractivity contribution is 9.10. The minimum Gasteiger partial charge on any atom is -0.366 e. The van der Waals surface area contributed by atoms with E-state index in [-0.39, 0.29) is 0 Å². The van der Waals surface area contributed by atoms with Crippen LogP contribution < -0.4 is 5.73 Å². The number of primary amides is 1. The Morgan fingerprint density at radius 3 is 2.56 bits per heavy atom. The van der Waals surface area contributed by atoms with Crippen LogP contribution in [0.15, 0.2) is 22.7 Å². The number of aromatic nitrogens is 1. The number of H-pyrrole nitrogens is 1. The lowest BCUT2D eigenvalue weighted by molar-refractivity contribution is 0.100. The van der Waals surface area contributed by atoms with E-state index in [9.17, 15) is 4.79 Å². The molecule has 0 aliphatic carbocycles. The lowest BCUT2D eigenvalue weighted by atomic mass is 10.1. The smallest absolute Gasteiger partial charge is 0.250 e. The normalized spacial score (nSPS) is 9.75. The second-order valence-corrected chi connectivity index (χ2v) is 4.05. The monoisotopic (exact) mass is 282 g/mol. The number of halogens is 1. The predicted octanol–water partition coefficient (Wildman–Crippen LogP) is 3.36. The zero-order chi connectivity index (χ0) is 12.3. The molecule has 86 valence electrons. The number of carbonyl (C=O) groups is 1. The van der Waals surface area contributed by atoms with Gasteiger partial charge in [0, 0.05) is 15.6 Å². The summed E-state index contributed by atoms with van der Waals surface area (Å²) in [5.41, 5.74) is 7.59. The highest BCUT2D eigenvalue weighted by Gasteiger charge is 2.10. The Bertz CT molecular complexity index is 517. The lowest BCUT2D eigenvalue weighted by Gasteiger charge is -1.99. The lowest BCUT2D eigenvalue weighted by Crippen LogP contribution is -2.11. The van der Waals surface area contributed by atoms with Crippen molar-refractivity contribution >= 4 is 32.7 Å². The molecule has 3 nitrogen and oxygen atoms in total. The fourth-order valence-corrected chi connectivity index (χ4v) is 1.97. The van der Waals surface area contributed by atoms with Crippen LogP contribution >= 0.6 is 15.9 Å². The van der Waals surface area contributed by atoms with Gasteiger partial charge in [-0.2, -0.15) is 0 Å². The highest BCUT2D eigenvalue weighted by Crippen LogP contribution is 2.27. The number of aromatic amines is 1. The third-order valence-electron chi connectivity index (χ3n) is 2.14. The van der Waals surface area contributed by atoms with Gasteiger partial charge < -0.3 is 10.7 Å². The van der Waals surface area contributed by atoms with Gasteiger partial charge in [0.2, 0.25) is 0 Å². The van der Waals surface area contributed by atoms with E-state index in [0.717, 1.165) is 21.1 Å². The summed E-state index contributed by atoms with van der Waals surface area (Å²) in [7, 11) is 0. The number of hydrogen-bond acceptors (Lipinski definition) is 1. The molecule has 1 aromatic carbocycles. The Kier molecular flexibility index (Phi) is 4.12. The second-order valence-electron chi connectivity index (χ2n) is 3.20. The molecule has 1 heterocycles. The van der Waals surface area contributed by atoms with Crippen molar-refractivity contribution in [1.82, 2.24) is 4.98 Å². The number of rotatable bonds is 1. The Hall–Kier alpha value is -1.29. The highest BCUT2D eigenvalue weighted by atomic mass is 79.9. The van der Waals surface area contributed by atoms with Crippen LogP contribution in [0.1, 0.15) is 29.9 Å². The molecule has 0 aliphatic rings. The average Bonchev–Trinajstić information content (AvgIpc) is 2.63. The molecular formula is C12H15BrN2O. The van der Waals surface area contributed by atoms with Gasteiger partial charge in [0.25, 0.3) is 5.91 Å². The van der Waals surface area contributed by atoms with Crippen LogP contribution in [0.25, 0.3) is 10.9 Å². The molecule has 2 aromatic rings. The van der Waals surface area contributed by atoms with Gasteiger partial charge in [0.1, 0.15) is 0 Å². The number of nitrogens with one attached hydrogen (secondary N) is 1. The van der Waals surface area contributed by atoms with Gasteiger partial charge in [-0.05, 0) is 25.1 Å². The number of aryl methyl sites for hydroxylation is 1. The van der Waals surface area contributed by atoms with Gasteiger partial charge in [-0.25, -0.2) is 0 Å². The largest absolute Gasteiger partial charge is 0.366 e. The Morgan fingerprint density at radius 2 is 2.00 bits per heavy atom. The van der Waals surface area contributed by atoms with E-state index < -0.39 is 5.91 Å². The van der Waals surface area contributed by atoms with E-state index in [0.29, 0.717) is 5.56 Å². The fourth-order valence-electron chi connectivity index (χ4n) is 1.52. The summed E-state index contributed by atoms with van der Waals surface area (Å²) >= 11 is 3.42. The molecule has 0 radical (unpaired) electrons. The molecule has 1 aromatic heterocycles. The molecule has 0 saturated carbocycles. The molecule has 0 unspecified atom stereocenters. The van der Waals surface area contributed by atoms with Crippen molar-refractivity contribution in [3.8, 4) is 0 Å². The van der Waals surface area contributed by atoms with E-state index in [1.54, 1.807) is 6.07 Å². The molecule has 4 heteroatoms. The number of benzene rings is 1. The Morgan fingerprint density at radius 1 is 1.38 bits per heavy atom. The summed E-state index contributed by atoms with van der Waals surface area (Å²) in [5.74, 6) is -0.413. The van der Waals surface area contributed by atoms with Crippen LogP contribution in [0.4, 0.5) is 0 Å². The van der Waals surface area contributed by atoms with Gasteiger partial charge in [-0.3, -0.25) is 4.79 Å². The first-order chi connectivity index (χ1) is 7.59. The molecule has 0 bridgehead atoms. The number of nitrogens with two attached hydrogens (primary N) is 1. The van der Waals surface area contributed by atoms with Gasteiger partial charge >= 0.3 is 0 Å². The van der Waals surface area contributed by atoms with Crippen LogP contribution in [0, 0.1) is 6.92 Å². The number of fused-ring (bicyclic) bond motifs is 1. The second kappa shape index (κ2) is 5.16. The van der Waals surface area contributed by atoms with Gasteiger partial charge in [0.05, 0.1) is 11.1 Å². The maximum atomic E-state index is 11.1. The molecule has 0 aliphatic heterocycles. The molecule has 16 heavy (non-hydrogen) atoms. The van der Waals surface area contributed by atoms with Crippen molar-refractivity contribution < 1.29 is 4.79 Å². The zero-order valence-electron chi connectivity index (χ0n) is 9.60. The SMILES string of the molecule is CC.Cc1cc2c(Br)ccc(C(N)=O)c2[nH]1. The first-order valence-corrected chi connectivity index (χ1v) is 5.96. The minimum absolute atomic E-state index is 0.413. The number of amides is 1. The first kappa shape index (κ1) is 12.8. The molecule has 1 amide bonds. The van der Waals surface area contributed by atoms with Crippen LogP contribution in [-0.2, 0) is 0 Å². The average molecular weight is 283 g/mol. The van der Waals surface area contributed by atoms with Crippen molar-refractivity contribution in [1.29, 1.82) is 0 Å². The van der Waals surface area contributed by atoms with E-state index in [1.165, 1.54) is 0 Å². The molecule has 0 saturated heterocycles. The summed E-state index contributed by atoms with van der Waals surface area (Å²) in [5, 5.41) is 0.985. The van der Waals surface area contributed by atoms with Gasteiger partial charge in [-0.1, -0.05) is 29.8 Å². The van der Waals surface area contributed by atoms with E-state index in [4.69, 9.17) is 5.73 Å². The summed E-state index contributed by atoms with van der Waals surface area (Å²) in [4.78, 5) is 14.2. The van der Waals surface area contributed by atoms with Crippen molar-refractivity contribution in [2.45, 2.75) is 20.8 Å². The van der Waals surface area contributed by atoms with E-state index in [1.807, 2.05) is 32.9 Å². The number of carbonyl (C=O) groups excluding carboxylic acids is 1. The van der Waals surface area contributed by atoms with Crippen molar-refractivity contribution in [2.75, 3.05) is 0 Å². The quantitative estimate of drug-likeness (QED) is 0.828. The number of hydrogen-bond donors (Lipinski definition) is 2. The van der Waals surface area contributed by atoms with Crippen LogP contribution in [0.2, 0.25) is 0 Å². The third-order valence-corrected chi connectivity index (χ3v) is 2.83. The van der Waals surface area contributed by atoms with E-state index in [2.05, 4.69) is 20.9 Å². The molecule has 0 atom stereocenters. The first-order valence-electron chi connectivity index (χ1n) is 5.17. The molecule has 2 rings (SSSR count). The fraction of sp³-hybridized carbons (Fsp3) is 0.250. The van der Waals surface area contributed by atoms with Crippen molar-refractivity contribution in [2.24, 2.45) is 5.73 Å². The molecule has 3 N–H and O–H groups in total. The molecule has 0 spiro atoms. The third kappa shape index (κ3) is 2.27. The van der Waals surface area contributed by atoms with E-state index >= 15 is 0 Å². The standard InChI is InChI=1S/C10H9BrN2O.C2H6/c1-5-4-7-8(11)3-2-6(10(12)14)9(7)13-5;1-2/h2-4,13H,1H3,(H2,12,14);1-2H3. The molecular weight excluding hydrogens is 268 g/mol. The Labute approximate surface area is 103 Å². The van der Waals surface area contributed by atoms with Crippen molar-refractivity contribution in [3.05, 3.63) is 33.9 Å². The maximum absolute atomic E-state index is 11.1. The van der Waals surface area contributed by atoms with Crippen molar-refractivity contribution in [3.63, 3.8) is 0 Å². The maximum Gasteiger partial charge on any atom is 0.250 e. The van der Waals surface area contributed by atoms with Crippen LogP contribution in [-0.4, -0.2) is 10.9 Å². The summed E-state index contributed by atoms with van der Waals surface area (Å²) in [6, 6.07) is 5.52. The zero-order valence-corrected chi connectivity index (χ0v) is 11.2. The Balaban J connectivity index is 0.000000606. The molecule has 0 fully saturated rings. The summed E-state index contributed by atoms with van der Waals surface area (Å²) in [6.07, 6.45) is 0. The predicted molar refractivity (Wildman–Crippen MR) is 70.6 cm³/mol. The van der Waals surface area contributed by atoms with Gasteiger partial charge in [0.15, 0.2) is 0 Å². The van der Waals surface area contributed by atoms with Crippen LogP contribution in [0.5, 0.6) is 0 Å². The van der Waals surface area contributed by atoms with Gasteiger partial charge in [-0.15, -0.1) is 0 Å². The summed E-state index contributed by atoms with van der Waals surface area (Å²) < 4.78 is 0.960. The summed E-state index contributed by atoms with van der Waals surface area (Å²) in [6.45, 7) is 5.94. The topological polar surface area (TPSA) is 58.9 Å².